The number of ether oxygens (including phenoxy) is 4. The van der Waals surface area contributed by atoms with Crippen LogP contribution in [0, 0.1) is 0 Å². The van der Waals surface area contributed by atoms with Gasteiger partial charge in [0.1, 0.15) is 48.8 Å². The van der Waals surface area contributed by atoms with Gasteiger partial charge in [0.15, 0.2) is 12.6 Å². The van der Waals surface area contributed by atoms with Crippen LogP contribution in [0.15, 0.2) is 36.5 Å². The number of aliphatic hydroxyl groups is 8. The smallest absolute Gasteiger partial charge is 0.220 e. The van der Waals surface area contributed by atoms with Gasteiger partial charge in [-0.3, -0.25) is 4.79 Å². The zero-order valence-electron chi connectivity index (χ0n) is 50.1. The molecule has 2 rings (SSSR count). The third-order valence-corrected chi connectivity index (χ3v) is 16.1. The number of carbonyl (C=O) groups is 1. The van der Waals surface area contributed by atoms with Crippen molar-refractivity contribution in [2.75, 3.05) is 19.8 Å². The van der Waals surface area contributed by atoms with Gasteiger partial charge in [0.05, 0.1) is 32.0 Å². The summed E-state index contributed by atoms with van der Waals surface area (Å²) in [6.45, 7) is 2.78. The van der Waals surface area contributed by atoms with Crippen molar-refractivity contribution in [2.45, 2.75) is 351 Å². The number of nitrogens with one attached hydrogen (secondary N) is 1. The van der Waals surface area contributed by atoms with Gasteiger partial charge in [0, 0.05) is 6.42 Å². The number of hydrogen-bond donors (Lipinski definition) is 9. The fourth-order valence-electron chi connectivity index (χ4n) is 10.8. The molecule has 2 aliphatic heterocycles. The highest BCUT2D eigenvalue weighted by molar-refractivity contribution is 5.76. The summed E-state index contributed by atoms with van der Waals surface area (Å²) < 4.78 is 22.7. The first kappa shape index (κ1) is 73.3. The van der Waals surface area contributed by atoms with Crippen LogP contribution >= 0.6 is 0 Å². The van der Waals surface area contributed by atoms with E-state index in [9.17, 15) is 45.6 Å². The van der Waals surface area contributed by atoms with Crippen LogP contribution in [0.5, 0.6) is 0 Å². The zero-order chi connectivity index (χ0) is 57.4. The van der Waals surface area contributed by atoms with Gasteiger partial charge in [-0.25, -0.2) is 0 Å². The Bertz CT molecular complexity index is 1460. The molecule has 0 aromatic heterocycles. The van der Waals surface area contributed by atoms with Crippen molar-refractivity contribution < 1.29 is 64.6 Å². The van der Waals surface area contributed by atoms with Crippen molar-refractivity contribution in [3.8, 4) is 0 Å². The van der Waals surface area contributed by atoms with Crippen molar-refractivity contribution in [1.29, 1.82) is 0 Å². The topological polar surface area (TPSA) is 228 Å². The molecule has 464 valence electrons. The highest BCUT2D eigenvalue weighted by Crippen LogP contribution is 2.30. The lowest BCUT2D eigenvalue weighted by Crippen LogP contribution is -2.65. The maximum absolute atomic E-state index is 13.2. The third kappa shape index (κ3) is 35.8. The Hall–Kier alpha value is -1.79. The Kier molecular flexibility index (Phi) is 47.0. The molecule has 12 unspecified atom stereocenters. The Balaban J connectivity index is 1.56. The molecule has 0 aromatic rings. The van der Waals surface area contributed by atoms with Crippen LogP contribution < -0.4 is 5.32 Å². The molecule has 2 fully saturated rings. The SMILES string of the molecule is CCCCCCC/C=C\C/C=C\CCCCCCCCCCCCCCCCCCCCCCCCCC(=O)NC(COC1OC(CO)C(OC2OC(CO)C(O)C(O)C2O)C(O)C1O)C(O)/C=C/CCCCCCCCCC. The highest BCUT2D eigenvalue weighted by Gasteiger charge is 2.51. The van der Waals surface area contributed by atoms with Crippen LogP contribution in [0.1, 0.15) is 277 Å². The van der Waals surface area contributed by atoms with Crippen LogP contribution in [-0.4, -0.2) is 140 Å². The van der Waals surface area contributed by atoms with E-state index in [0.717, 1.165) is 44.9 Å². The monoisotopic (exact) mass is 1120 g/mol. The summed E-state index contributed by atoms with van der Waals surface area (Å²) in [6, 6.07) is -0.910. The van der Waals surface area contributed by atoms with Crippen LogP contribution in [0.3, 0.4) is 0 Å². The van der Waals surface area contributed by atoms with E-state index in [1.807, 2.05) is 6.08 Å². The van der Waals surface area contributed by atoms with Crippen molar-refractivity contribution in [3.63, 3.8) is 0 Å². The number of aliphatic hydroxyl groups excluding tert-OH is 8. The molecule has 12 atom stereocenters. The summed E-state index contributed by atoms with van der Waals surface area (Å²) >= 11 is 0. The quantitative estimate of drug-likeness (QED) is 0.0204. The van der Waals surface area contributed by atoms with Gasteiger partial charge < -0.3 is 65.1 Å². The fraction of sp³-hybridized carbons (Fsp3) is 0.892. The normalized spacial score (nSPS) is 24.6. The Morgan fingerprint density at radius 2 is 0.835 bits per heavy atom. The van der Waals surface area contributed by atoms with Crippen LogP contribution in [0.2, 0.25) is 0 Å². The summed E-state index contributed by atoms with van der Waals surface area (Å²) in [5, 5.41) is 86.9. The van der Waals surface area contributed by atoms with Gasteiger partial charge in [-0.2, -0.15) is 0 Å². The van der Waals surface area contributed by atoms with E-state index in [1.54, 1.807) is 6.08 Å². The maximum atomic E-state index is 13.2. The Morgan fingerprint density at radius 1 is 0.456 bits per heavy atom. The standard InChI is InChI=1S/C65H121NO13/c1-3-5-7-9-11-13-15-16-17-18-19-20-21-22-23-24-25-26-27-28-29-30-31-32-33-34-35-36-37-38-39-41-43-45-47-49-57(70)66-53(54(69)48-46-44-42-40-14-12-10-8-6-4-2)52-76-64-62(75)60(73)63(56(51-68)78-64)79-65-61(74)59(72)58(71)55(50-67)77-65/h15-16,18-19,46,48,53-56,58-65,67-69,71-75H,3-14,17,20-45,47,49-52H2,1-2H3,(H,66,70)/b16-15-,19-18-,48-46+. The van der Waals surface area contributed by atoms with Gasteiger partial charge >= 0.3 is 0 Å². The summed E-state index contributed by atoms with van der Waals surface area (Å²) in [5.41, 5.74) is 0. The van der Waals surface area contributed by atoms with E-state index in [0.29, 0.717) is 6.42 Å². The summed E-state index contributed by atoms with van der Waals surface area (Å²) in [7, 11) is 0. The zero-order valence-corrected chi connectivity index (χ0v) is 50.1. The van der Waals surface area contributed by atoms with E-state index in [1.165, 1.54) is 205 Å². The molecule has 9 N–H and O–H groups in total. The predicted molar refractivity (Wildman–Crippen MR) is 318 cm³/mol. The van der Waals surface area contributed by atoms with E-state index in [-0.39, 0.29) is 18.9 Å². The minimum atomic E-state index is -1.79. The van der Waals surface area contributed by atoms with Crippen LogP contribution in [0.25, 0.3) is 0 Å². The summed E-state index contributed by atoms with van der Waals surface area (Å²) in [6.07, 6.45) is 46.6. The van der Waals surface area contributed by atoms with Crippen LogP contribution in [-0.2, 0) is 23.7 Å². The van der Waals surface area contributed by atoms with Crippen molar-refractivity contribution in [2.24, 2.45) is 0 Å². The number of allylic oxidation sites excluding steroid dienone is 5. The number of rotatable bonds is 53. The Labute approximate surface area is 481 Å². The first-order valence-corrected chi connectivity index (χ1v) is 32.7. The number of unbranched alkanes of at least 4 members (excludes halogenated alkanes) is 36. The molecule has 1 amide bonds. The lowest BCUT2D eigenvalue weighted by Gasteiger charge is -2.46. The minimum Gasteiger partial charge on any atom is -0.394 e. The molecule has 2 aliphatic rings. The molecule has 0 aliphatic carbocycles. The maximum Gasteiger partial charge on any atom is 0.220 e. The largest absolute Gasteiger partial charge is 0.394 e. The van der Waals surface area contributed by atoms with Gasteiger partial charge in [-0.05, 0) is 51.4 Å². The molecular weight excluding hydrogens is 1000 g/mol. The second-order valence-corrected chi connectivity index (χ2v) is 23.2. The number of amides is 1. The van der Waals surface area contributed by atoms with Crippen LogP contribution in [0.4, 0.5) is 0 Å². The summed E-state index contributed by atoms with van der Waals surface area (Å²) in [5.74, 6) is -0.237. The second kappa shape index (κ2) is 50.7. The lowest BCUT2D eigenvalue weighted by molar-refractivity contribution is -0.359. The van der Waals surface area contributed by atoms with E-state index in [2.05, 4.69) is 43.5 Å². The van der Waals surface area contributed by atoms with E-state index >= 15 is 0 Å². The molecule has 14 nitrogen and oxygen atoms in total. The van der Waals surface area contributed by atoms with Gasteiger partial charge in [-0.1, -0.05) is 256 Å². The average molecular weight is 1120 g/mol. The molecule has 0 bridgehead atoms. The molecule has 79 heavy (non-hydrogen) atoms. The number of hydrogen-bond acceptors (Lipinski definition) is 13. The molecule has 0 radical (unpaired) electrons. The van der Waals surface area contributed by atoms with Crippen molar-refractivity contribution >= 4 is 5.91 Å². The predicted octanol–water partition coefficient (Wildman–Crippen LogP) is 12.2. The van der Waals surface area contributed by atoms with Gasteiger partial charge in [0.25, 0.3) is 0 Å². The molecule has 0 saturated carbocycles. The van der Waals surface area contributed by atoms with Gasteiger partial charge in [-0.15, -0.1) is 0 Å². The Morgan fingerprint density at radius 3 is 1.27 bits per heavy atom. The molecule has 2 heterocycles. The van der Waals surface area contributed by atoms with E-state index in [4.69, 9.17) is 18.9 Å². The van der Waals surface area contributed by atoms with Crippen molar-refractivity contribution in [1.82, 2.24) is 5.32 Å². The van der Waals surface area contributed by atoms with Crippen molar-refractivity contribution in [3.05, 3.63) is 36.5 Å². The fourth-order valence-corrected chi connectivity index (χ4v) is 10.8. The molecular formula is C65H121NO13. The average Bonchev–Trinajstić information content (AvgIpc) is 3.47. The van der Waals surface area contributed by atoms with Gasteiger partial charge in [0.2, 0.25) is 5.91 Å². The first-order chi connectivity index (χ1) is 38.6. The third-order valence-electron chi connectivity index (χ3n) is 16.1. The summed E-state index contributed by atoms with van der Waals surface area (Å²) in [4.78, 5) is 13.2. The number of carbonyl (C=O) groups excluding carboxylic acids is 1. The molecule has 2 saturated heterocycles. The first-order valence-electron chi connectivity index (χ1n) is 32.7. The minimum absolute atomic E-state index is 0.237. The lowest BCUT2D eigenvalue weighted by atomic mass is 9.97. The molecule has 0 aromatic carbocycles. The second-order valence-electron chi connectivity index (χ2n) is 23.2. The molecule has 0 spiro atoms. The molecule has 14 heteroatoms. The van der Waals surface area contributed by atoms with E-state index < -0.39 is 86.8 Å². The highest BCUT2D eigenvalue weighted by atomic mass is 16.7.